The molecule has 0 aromatic heterocycles. The molecular weight excluding hydrogens is 338 g/mol. The minimum atomic E-state index is -0.897. The van der Waals surface area contributed by atoms with E-state index in [4.69, 9.17) is 18.9 Å². The lowest BCUT2D eigenvalue weighted by Gasteiger charge is -2.33. The third-order valence-corrected chi connectivity index (χ3v) is 4.08. The summed E-state index contributed by atoms with van der Waals surface area (Å²) in [7, 11) is 4.31. The van der Waals surface area contributed by atoms with E-state index in [0.717, 1.165) is 0 Å². The van der Waals surface area contributed by atoms with E-state index in [9.17, 15) is 9.59 Å². The summed E-state index contributed by atoms with van der Waals surface area (Å²) in [6.45, 7) is 0.0437. The second-order valence-electron chi connectivity index (χ2n) is 5.61. The number of benzene rings is 2. The van der Waals surface area contributed by atoms with Gasteiger partial charge in [-0.3, -0.25) is 4.79 Å². The van der Waals surface area contributed by atoms with Gasteiger partial charge in [-0.25, -0.2) is 4.79 Å². The van der Waals surface area contributed by atoms with Gasteiger partial charge >= 0.3 is 5.97 Å². The zero-order chi connectivity index (χ0) is 18.7. The summed E-state index contributed by atoms with van der Waals surface area (Å²) in [5.74, 6) is 0.599. The first-order valence-electron chi connectivity index (χ1n) is 7.95. The summed E-state index contributed by atoms with van der Waals surface area (Å²) in [4.78, 5) is 26.6. The average molecular weight is 357 g/mol. The maximum Gasteiger partial charge on any atom is 0.348 e. The van der Waals surface area contributed by atoms with Crippen molar-refractivity contribution in [2.24, 2.45) is 0 Å². The molecule has 26 heavy (non-hydrogen) atoms. The van der Waals surface area contributed by atoms with Gasteiger partial charge in [0.25, 0.3) is 5.91 Å². The van der Waals surface area contributed by atoms with Crippen LogP contribution in [0, 0.1) is 0 Å². The van der Waals surface area contributed by atoms with E-state index in [0.29, 0.717) is 28.5 Å². The van der Waals surface area contributed by atoms with E-state index in [1.54, 1.807) is 42.5 Å². The van der Waals surface area contributed by atoms with Crippen LogP contribution in [0.1, 0.15) is 10.4 Å². The summed E-state index contributed by atoms with van der Waals surface area (Å²) in [5, 5.41) is 0. The Morgan fingerprint density at radius 3 is 2.31 bits per heavy atom. The van der Waals surface area contributed by atoms with Crippen LogP contribution in [0.4, 0.5) is 5.69 Å². The molecule has 0 radical (unpaired) electrons. The van der Waals surface area contributed by atoms with Crippen LogP contribution in [0.15, 0.2) is 42.5 Å². The predicted octanol–water partition coefficient (Wildman–Crippen LogP) is 2.28. The molecule has 7 heteroatoms. The number of carbonyl (C=O) groups excluding carboxylic acids is 2. The van der Waals surface area contributed by atoms with E-state index in [1.807, 2.05) is 0 Å². The van der Waals surface area contributed by atoms with Crippen LogP contribution in [0.25, 0.3) is 0 Å². The molecule has 0 N–H and O–H groups in total. The minimum Gasteiger partial charge on any atom is -0.497 e. The van der Waals surface area contributed by atoms with Crippen LogP contribution in [0.5, 0.6) is 17.2 Å². The molecule has 0 bridgehead atoms. The fourth-order valence-electron chi connectivity index (χ4n) is 2.77. The van der Waals surface area contributed by atoms with Gasteiger partial charge in [-0.2, -0.15) is 0 Å². The number of fused-ring (bicyclic) bond motifs is 1. The number of rotatable bonds is 4. The molecule has 0 saturated carbocycles. The zero-order valence-electron chi connectivity index (χ0n) is 14.7. The second-order valence-corrected chi connectivity index (χ2v) is 5.61. The van der Waals surface area contributed by atoms with Crippen LogP contribution in [0.3, 0.4) is 0 Å². The van der Waals surface area contributed by atoms with Crippen LogP contribution in [-0.2, 0) is 9.53 Å². The number of nitrogens with zero attached hydrogens (tertiary/aromatic N) is 1. The van der Waals surface area contributed by atoms with Crippen molar-refractivity contribution in [2.75, 3.05) is 32.8 Å². The molecule has 2 aromatic carbocycles. The average Bonchev–Trinajstić information content (AvgIpc) is 2.71. The van der Waals surface area contributed by atoms with Gasteiger partial charge in [-0.15, -0.1) is 0 Å². The van der Waals surface area contributed by atoms with Gasteiger partial charge in [0, 0.05) is 11.6 Å². The number of hydrogen-bond acceptors (Lipinski definition) is 6. The fourth-order valence-corrected chi connectivity index (χ4v) is 2.77. The van der Waals surface area contributed by atoms with E-state index in [2.05, 4.69) is 0 Å². The van der Waals surface area contributed by atoms with Gasteiger partial charge < -0.3 is 23.8 Å². The third kappa shape index (κ3) is 3.28. The fraction of sp³-hybridized carbons (Fsp3) is 0.263. The van der Waals surface area contributed by atoms with Crippen molar-refractivity contribution < 1.29 is 28.5 Å². The summed E-state index contributed by atoms with van der Waals surface area (Å²) in [5.41, 5.74) is 0.959. The van der Waals surface area contributed by atoms with Crippen molar-refractivity contribution in [1.29, 1.82) is 0 Å². The second kappa shape index (κ2) is 7.35. The Labute approximate surface area is 151 Å². The molecule has 1 aliphatic rings. The molecule has 1 heterocycles. The number of para-hydroxylation sites is 2. The van der Waals surface area contributed by atoms with Crippen molar-refractivity contribution in [2.45, 2.75) is 6.10 Å². The topological polar surface area (TPSA) is 74.3 Å². The van der Waals surface area contributed by atoms with Crippen LogP contribution in [0.2, 0.25) is 0 Å². The third-order valence-electron chi connectivity index (χ3n) is 4.08. The lowest BCUT2D eigenvalue weighted by Crippen LogP contribution is -2.47. The maximum atomic E-state index is 13.2. The monoisotopic (exact) mass is 357 g/mol. The number of methoxy groups -OCH3 is 3. The quantitative estimate of drug-likeness (QED) is 0.782. The first-order chi connectivity index (χ1) is 12.6. The summed E-state index contributed by atoms with van der Waals surface area (Å²) >= 11 is 0. The lowest BCUT2D eigenvalue weighted by molar-refractivity contribution is -0.148. The number of anilines is 1. The number of hydrogen-bond donors (Lipinski definition) is 0. The van der Waals surface area contributed by atoms with Gasteiger partial charge in [0.05, 0.1) is 33.6 Å². The van der Waals surface area contributed by atoms with E-state index in [-0.39, 0.29) is 12.5 Å². The van der Waals surface area contributed by atoms with Crippen molar-refractivity contribution in [3.63, 3.8) is 0 Å². The van der Waals surface area contributed by atoms with E-state index < -0.39 is 12.1 Å². The van der Waals surface area contributed by atoms with Gasteiger partial charge in [-0.1, -0.05) is 12.1 Å². The lowest BCUT2D eigenvalue weighted by atomic mass is 10.1. The van der Waals surface area contributed by atoms with Gasteiger partial charge in [-0.05, 0) is 24.3 Å². The molecule has 1 atom stereocenters. The summed E-state index contributed by atoms with van der Waals surface area (Å²) in [6.07, 6.45) is -0.897. The highest BCUT2D eigenvalue weighted by Crippen LogP contribution is 2.35. The van der Waals surface area contributed by atoms with Crippen molar-refractivity contribution in [1.82, 2.24) is 0 Å². The normalized spacial score (nSPS) is 15.5. The van der Waals surface area contributed by atoms with E-state index >= 15 is 0 Å². The SMILES string of the molecule is COC(=O)[C@@H]1CN(C(=O)c2cc(OC)cc(OC)c2)c2ccccc2O1. The largest absolute Gasteiger partial charge is 0.497 e. The van der Waals surface area contributed by atoms with Crippen molar-refractivity contribution in [3.8, 4) is 17.2 Å². The zero-order valence-corrected chi connectivity index (χ0v) is 14.7. The first kappa shape index (κ1) is 17.6. The minimum absolute atomic E-state index is 0.0437. The first-order valence-corrected chi connectivity index (χ1v) is 7.95. The molecule has 3 rings (SSSR count). The molecule has 0 fully saturated rings. The van der Waals surface area contributed by atoms with Crippen molar-refractivity contribution in [3.05, 3.63) is 48.0 Å². The molecule has 136 valence electrons. The summed E-state index contributed by atoms with van der Waals surface area (Å²) < 4.78 is 20.9. The smallest absolute Gasteiger partial charge is 0.348 e. The Morgan fingerprint density at radius 1 is 1.04 bits per heavy atom. The number of amides is 1. The van der Waals surface area contributed by atoms with Gasteiger partial charge in [0.15, 0.2) is 0 Å². The highest BCUT2D eigenvalue weighted by molar-refractivity contribution is 6.08. The molecule has 7 nitrogen and oxygen atoms in total. The maximum absolute atomic E-state index is 13.2. The molecule has 2 aromatic rings. The number of carbonyl (C=O) groups is 2. The number of esters is 1. The highest BCUT2D eigenvalue weighted by atomic mass is 16.6. The Kier molecular flexibility index (Phi) is 4.97. The molecule has 0 spiro atoms. The van der Waals surface area contributed by atoms with Crippen LogP contribution >= 0.6 is 0 Å². The molecule has 0 unspecified atom stereocenters. The molecule has 0 saturated heterocycles. The molecule has 0 aliphatic carbocycles. The summed E-state index contributed by atoms with van der Waals surface area (Å²) in [6, 6.07) is 12.0. The Bertz CT molecular complexity index is 812. The molecule has 1 aliphatic heterocycles. The van der Waals surface area contributed by atoms with Gasteiger partial charge in [0.2, 0.25) is 6.10 Å². The van der Waals surface area contributed by atoms with Gasteiger partial charge in [0.1, 0.15) is 17.2 Å². The predicted molar refractivity (Wildman–Crippen MR) is 94.1 cm³/mol. The van der Waals surface area contributed by atoms with Crippen LogP contribution in [-0.4, -0.2) is 45.9 Å². The number of ether oxygens (including phenoxy) is 4. The Morgan fingerprint density at radius 2 is 1.69 bits per heavy atom. The Balaban J connectivity index is 2.01. The van der Waals surface area contributed by atoms with E-state index in [1.165, 1.54) is 26.2 Å². The Hall–Kier alpha value is -3.22. The molecular formula is C19H19NO6. The van der Waals surface area contributed by atoms with Crippen LogP contribution < -0.4 is 19.1 Å². The highest BCUT2D eigenvalue weighted by Gasteiger charge is 2.35. The molecule has 1 amide bonds. The van der Waals surface area contributed by atoms with Crippen molar-refractivity contribution >= 4 is 17.6 Å². The standard InChI is InChI=1S/C19H19NO6/c1-23-13-8-12(9-14(10-13)24-2)18(21)20-11-17(19(22)25-3)26-16-7-5-4-6-15(16)20/h4-10,17H,11H2,1-3H3/t17-/m0/s1.